The smallest absolute Gasteiger partial charge is 0.243 e. The minimum atomic E-state index is -0.457. The molecule has 130 valence electrons. The summed E-state index contributed by atoms with van der Waals surface area (Å²) >= 11 is 0. The van der Waals surface area contributed by atoms with E-state index in [4.69, 9.17) is 0 Å². The molecule has 3 rings (SSSR count). The predicted octanol–water partition coefficient (Wildman–Crippen LogP) is 3.57. The van der Waals surface area contributed by atoms with Gasteiger partial charge in [0.15, 0.2) is 0 Å². The van der Waals surface area contributed by atoms with Crippen molar-refractivity contribution >= 4 is 17.5 Å². The van der Waals surface area contributed by atoms with Gasteiger partial charge in [-0.25, -0.2) is 0 Å². The van der Waals surface area contributed by atoms with Crippen LogP contribution in [0.15, 0.2) is 91.0 Å². The van der Waals surface area contributed by atoms with Crippen LogP contribution in [0.5, 0.6) is 0 Å². The van der Waals surface area contributed by atoms with Gasteiger partial charge in [-0.3, -0.25) is 9.59 Å². The van der Waals surface area contributed by atoms with Crippen LogP contribution in [0.4, 0.5) is 5.69 Å². The Bertz CT molecular complexity index is 810. The maximum Gasteiger partial charge on any atom is 0.243 e. The van der Waals surface area contributed by atoms with Crippen molar-refractivity contribution < 1.29 is 9.59 Å². The molecule has 0 unspecified atom stereocenters. The molecule has 0 aromatic heterocycles. The van der Waals surface area contributed by atoms with Gasteiger partial charge in [-0.05, 0) is 23.3 Å². The fraction of sp³-hybridized carbons (Fsp3) is 0.0909. The Hall–Kier alpha value is -3.40. The van der Waals surface area contributed by atoms with Crippen LogP contribution in [0.2, 0.25) is 0 Å². The molecule has 0 radical (unpaired) electrons. The second-order valence-corrected chi connectivity index (χ2v) is 5.89. The molecule has 0 aliphatic rings. The lowest BCUT2D eigenvalue weighted by atomic mass is 9.90. The van der Waals surface area contributed by atoms with Crippen LogP contribution in [-0.4, -0.2) is 18.4 Å². The molecule has 0 fully saturated rings. The highest BCUT2D eigenvalue weighted by Gasteiger charge is 2.22. The number of nitrogens with one attached hydrogen (secondary N) is 2. The van der Waals surface area contributed by atoms with Crippen LogP contribution >= 0.6 is 0 Å². The summed E-state index contributed by atoms with van der Waals surface area (Å²) in [5.74, 6) is -0.919. The van der Waals surface area contributed by atoms with Crippen LogP contribution in [0.1, 0.15) is 17.0 Å². The molecule has 0 aliphatic carbocycles. The van der Waals surface area contributed by atoms with Crippen molar-refractivity contribution in [3.63, 3.8) is 0 Å². The molecule has 3 aromatic carbocycles. The van der Waals surface area contributed by atoms with E-state index >= 15 is 0 Å². The first-order chi connectivity index (χ1) is 12.7. The molecule has 0 aliphatic heterocycles. The first-order valence-corrected chi connectivity index (χ1v) is 8.46. The summed E-state index contributed by atoms with van der Waals surface area (Å²) in [6.07, 6.45) is 0. The van der Waals surface area contributed by atoms with Crippen molar-refractivity contribution in [2.75, 3.05) is 11.9 Å². The van der Waals surface area contributed by atoms with Gasteiger partial charge in [0, 0.05) is 5.69 Å². The minimum absolute atomic E-state index is 0.0795. The molecule has 2 N–H and O–H groups in total. The largest absolute Gasteiger partial charge is 0.346 e. The third-order valence-corrected chi connectivity index (χ3v) is 4.01. The van der Waals surface area contributed by atoms with Crippen molar-refractivity contribution in [1.82, 2.24) is 5.32 Å². The summed E-state index contributed by atoms with van der Waals surface area (Å²) in [6.45, 7) is -0.0795. The van der Waals surface area contributed by atoms with E-state index in [0.29, 0.717) is 5.69 Å². The van der Waals surface area contributed by atoms with Gasteiger partial charge >= 0.3 is 0 Å². The van der Waals surface area contributed by atoms with Crippen molar-refractivity contribution in [2.24, 2.45) is 0 Å². The molecule has 0 bridgehead atoms. The molecule has 0 atom stereocenters. The Balaban J connectivity index is 1.69. The Morgan fingerprint density at radius 3 is 1.65 bits per heavy atom. The molecule has 0 saturated carbocycles. The maximum atomic E-state index is 12.8. The molecular weight excluding hydrogens is 324 g/mol. The molecule has 0 heterocycles. The number of hydrogen-bond acceptors (Lipinski definition) is 2. The molecule has 4 heteroatoms. The topological polar surface area (TPSA) is 58.2 Å². The van der Waals surface area contributed by atoms with Crippen LogP contribution in [0.3, 0.4) is 0 Å². The number of carbonyl (C=O) groups is 2. The summed E-state index contributed by atoms with van der Waals surface area (Å²) in [5.41, 5.74) is 2.48. The van der Waals surface area contributed by atoms with Crippen molar-refractivity contribution in [1.29, 1.82) is 0 Å². The lowest BCUT2D eigenvalue weighted by Gasteiger charge is -2.17. The standard InChI is InChI=1S/C22H20N2O2/c25-20(24-19-14-8-3-9-15-19)16-23-22(26)21(17-10-4-1-5-11-17)18-12-6-2-7-13-18/h1-15,21H,16H2,(H,23,26)(H,24,25). The number of para-hydroxylation sites is 1. The van der Waals surface area contributed by atoms with E-state index in [1.54, 1.807) is 12.1 Å². The highest BCUT2D eigenvalue weighted by Crippen LogP contribution is 2.24. The van der Waals surface area contributed by atoms with Crippen molar-refractivity contribution in [3.8, 4) is 0 Å². The van der Waals surface area contributed by atoms with E-state index in [0.717, 1.165) is 11.1 Å². The zero-order chi connectivity index (χ0) is 18.2. The van der Waals surface area contributed by atoms with Gasteiger partial charge in [0.05, 0.1) is 12.5 Å². The van der Waals surface area contributed by atoms with Gasteiger partial charge in [0.2, 0.25) is 11.8 Å². The second-order valence-electron chi connectivity index (χ2n) is 5.89. The summed E-state index contributed by atoms with van der Waals surface area (Å²) in [6, 6.07) is 28.3. The zero-order valence-corrected chi connectivity index (χ0v) is 14.3. The van der Waals surface area contributed by atoms with Gasteiger partial charge in [0.1, 0.15) is 0 Å². The van der Waals surface area contributed by atoms with Crippen LogP contribution in [0.25, 0.3) is 0 Å². The number of anilines is 1. The third kappa shape index (κ3) is 4.57. The highest BCUT2D eigenvalue weighted by molar-refractivity contribution is 5.96. The summed E-state index contributed by atoms with van der Waals surface area (Å²) in [7, 11) is 0. The number of rotatable bonds is 6. The highest BCUT2D eigenvalue weighted by atomic mass is 16.2. The number of amides is 2. The third-order valence-electron chi connectivity index (χ3n) is 4.01. The van der Waals surface area contributed by atoms with Gasteiger partial charge in [-0.1, -0.05) is 78.9 Å². The van der Waals surface area contributed by atoms with Crippen molar-refractivity contribution in [2.45, 2.75) is 5.92 Å². The molecule has 0 saturated heterocycles. The molecule has 4 nitrogen and oxygen atoms in total. The summed E-state index contributed by atoms with van der Waals surface area (Å²) in [4.78, 5) is 24.9. The van der Waals surface area contributed by atoms with Crippen LogP contribution in [-0.2, 0) is 9.59 Å². The number of carbonyl (C=O) groups excluding carboxylic acids is 2. The van der Waals surface area contributed by atoms with E-state index in [9.17, 15) is 9.59 Å². The maximum absolute atomic E-state index is 12.8. The average molecular weight is 344 g/mol. The Labute approximate surface area is 152 Å². The SMILES string of the molecule is O=C(CNC(=O)C(c1ccccc1)c1ccccc1)Nc1ccccc1. The van der Waals surface area contributed by atoms with Crippen molar-refractivity contribution in [3.05, 3.63) is 102 Å². The minimum Gasteiger partial charge on any atom is -0.346 e. The summed E-state index contributed by atoms with van der Waals surface area (Å²) in [5, 5.41) is 5.51. The molecule has 26 heavy (non-hydrogen) atoms. The second kappa shape index (κ2) is 8.62. The van der Waals surface area contributed by atoms with E-state index in [1.165, 1.54) is 0 Å². The van der Waals surface area contributed by atoms with Gasteiger partial charge in [0.25, 0.3) is 0 Å². The first kappa shape index (κ1) is 17.4. The lowest BCUT2D eigenvalue weighted by molar-refractivity contribution is -0.124. The molecular formula is C22H20N2O2. The molecule has 3 aromatic rings. The normalized spacial score (nSPS) is 10.3. The van der Waals surface area contributed by atoms with Gasteiger partial charge < -0.3 is 10.6 Å². The van der Waals surface area contributed by atoms with E-state index in [1.807, 2.05) is 78.9 Å². The van der Waals surface area contributed by atoms with Gasteiger partial charge in [-0.15, -0.1) is 0 Å². The Kier molecular flexibility index (Phi) is 5.78. The Morgan fingerprint density at radius 2 is 1.15 bits per heavy atom. The fourth-order valence-corrected chi connectivity index (χ4v) is 2.78. The first-order valence-electron chi connectivity index (χ1n) is 8.46. The number of benzene rings is 3. The average Bonchev–Trinajstić information content (AvgIpc) is 2.69. The van der Waals surface area contributed by atoms with E-state index < -0.39 is 5.92 Å². The van der Waals surface area contributed by atoms with Gasteiger partial charge in [-0.2, -0.15) is 0 Å². The fourth-order valence-electron chi connectivity index (χ4n) is 2.78. The predicted molar refractivity (Wildman–Crippen MR) is 103 cm³/mol. The molecule has 2 amide bonds. The van der Waals surface area contributed by atoms with Crippen LogP contribution in [0, 0.1) is 0 Å². The zero-order valence-electron chi connectivity index (χ0n) is 14.3. The lowest BCUT2D eigenvalue weighted by Crippen LogP contribution is -2.36. The van der Waals surface area contributed by atoms with Crippen LogP contribution < -0.4 is 10.6 Å². The quantitative estimate of drug-likeness (QED) is 0.718. The Morgan fingerprint density at radius 1 is 0.692 bits per heavy atom. The van der Waals surface area contributed by atoms with E-state index in [2.05, 4.69) is 10.6 Å². The van der Waals surface area contributed by atoms with E-state index in [-0.39, 0.29) is 18.4 Å². The monoisotopic (exact) mass is 344 g/mol. The summed E-state index contributed by atoms with van der Waals surface area (Å²) < 4.78 is 0. The molecule has 0 spiro atoms. The number of hydrogen-bond donors (Lipinski definition) is 2.